The van der Waals surface area contributed by atoms with Gasteiger partial charge in [0.15, 0.2) is 11.5 Å². The molecule has 8 heteroatoms. The molecule has 0 aliphatic rings. The van der Waals surface area contributed by atoms with Crippen LogP contribution in [-0.4, -0.2) is 29.4 Å². The predicted molar refractivity (Wildman–Crippen MR) is 60.3 cm³/mol. The normalized spacial score (nSPS) is 10.3. The van der Waals surface area contributed by atoms with Crippen LogP contribution in [-0.2, 0) is 4.79 Å². The number of carbonyl (C=O) groups excluding carboxylic acids is 1. The van der Waals surface area contributed by atoms with E-state index in [-0.39, 0.29) is 22.7 Å². The van der Waals surface area contributed by atoms with Gasteiger partial charge in [-0.15, -0.1) is 0 Å². The summed E-state index contributed by atoms with van der Waals surface area (Å²) in [5.74, 6) is -0.683. The number of oxime groups is 1. The summed E-state index contributed by atoms with van der Waals surface area (Å²) < 4.78 is 9.76. The van der Waals surface area contributed by atoms with Gasteiger partial charge in [-0.3, -0.25) is 14.9 Å². The first-order chi connectivity index (χ1) is 8.49. The van der Waals surface area contributed by atoms with Gasteiger partial charge in [0, 0.05) is 18.6 Å². The second-order valence-corrected chi connectivity index (χ2v) is 3.16. The van der Waals surface area contributed by atoms with Crippen LogP contribution < -0.4 is 9.47 Å². The summed E-state index contributed by atoms with van der Waals surface area (Å²) in [5.41, 5.74) is -0.226. The quantitative estimate of drug-likeness (QED) is 0.217. The molecule has 0 fully saturated rings. The molecule has 0 saturated heterocycles. The lowest BCUT2D eigenvalue weighted by Gasteiger charge is -2.10. The minimum atomic E-state index is -0.644. The monoisotopic (exact) mass is 254 g/mol. The minimum absolute atomic E-state index is 0.00528. The number of carbonyl (C=O) groups is 1. The first-order valence-corrected chi connectivity index (χ1v) is 4.72. The zero-order chi connectivity index (χ0) is 13.7. The molecule has 0 spiro atoms. The average molecular weight is 254 g/mol. The highest BCUT2D eigenvalue weighted by Crippen LogP contribution is 2.34. The van der Waals surface area contributed by atoms with E-state index in [4.69, 9.17) is 14.7 Å². The van der Waals surface area contributed by atoms with Crippen molar-refractivity contribution in [2.45, 2.75) is 6.92 Å². The Balaban J connectivity index is 3.44. The number of benzene rings is 1. The number of esters is 1. The van der Waals surface area contributed by atoms with Crippen molar-refractivity contribution in [3.63, 3.8) is 0 Å². The summed E-state index contributed by atoms with van der Waals surface area (Å²) >= 11 is 0. The summed E-state index contributed by atoms with van der Waals surface area (Å²) in [6.45, 7) is 1.17. The Bertz CT molecular complexity index is 511. The number of non-ortho nitro benzene ring substituents is 1. The van der Waals surface area contributed by atoms with Crippen molar-refractivity contribution in [3.05, 3.63) is 27.8 Å². The zero-order valence-corrected chi connectivity index (χ0v) is 9.61. The lowest BCUT2D eigenvalue weighted by Crippen LogP contribution is -2.06. The van der Waals surface area contributed by atoms with Gasteiger partial charge in [0.2, 0.25) is 0 Å². The molecule has 0 amide bonds. The van der Waals surface area contributed by atoms with Crippen LogP contribution in [0.15, 0.2) is 17.3 Å². The summed E-state index contributed by atoms with van der Waals surface area (Å²) in [6, 6.07) is 2.20. The van der Waals surface area contributed by atoms with Crippen LogP contribution >= 0.6 is 0 Å². The first-order valence-electron chi connectivity index (χ1n) is 4.72. The van der Waals surface area contributed by atoms with Crippen molar-refractivity contribution in [1.82, 2.24) is 0 Å². The van der Waals surface area contributed by atoms with Crippen LogP contribution in [0.1, 0.15) is 12.5 Å². The van der Waals surface area contributed by atoms with Crippen LogP contribution in [0, 0.1) is 10.1 Å². The highest BCUT2D eigenvalue weighted by molar-refractivity contribution is 5.88. The standard InChI is InChI=1S/C10H10N2O6/c1-6(13)18-10-7(5-11-14)3-8(12(15)16)4-9(10)17-2/h3-5,14H,1-2H3/b11-5+. The molecular weight excluding hydrogens is 244 g/mol. The van der Waals surface area contributed by atoms with E-state index in [1.165, 1.54) is 14.0 Å². The number of ether oxygens (including phenoxy) is 2. The Morgan fingerprint density at radius 2 is 2.22 bits per heavy atom. The maximum Gasteiger partial charge on any atom is 0.308 e. The number of nitro benzene ring substituents is 1. The SMILES string of the molecule is COc1cc([N+](=O)[O-])cc(/C=N/O)c1OC(C)=O. The largest absolute Gasteiger partial charge is 0.493 e. The molecule has 0 radical (unpaired) electrons. The van der Waals surface area contributed by atoms with E-state index in [0.29, 0.717) is 0 Å². The van der Waals surface area contributed by atoms with E-state index in [2.05, 4.69) is 5.16 Å². The Morgan fingerprint density at radius 1 is 1.56 bits per heavy atom. The summed E-state index contributed by atoms with van der Waals surface area (Å²) in [4.78, 5) is 21.0. The van der Waals surface area contributed by atoms with Crippen molar-refractivity contribution in [3.8, 4) is 11.5 Å². The first kappa shape index (κ1) is 13.4. The Morgan fingerprint density at radius 3 is 2.67 bits per heavy atom. The Hall–Kier alpha value is -2.64. The number of methoxy groups -OCH3 is 1. The molecule has 0 saturated carbocycles. The number of nitro groups is 1. The molecule has 1 N–H and O–H groups in total. The molecule has 0 bridgehead atoms. The maximum absolute atomic E-state index is 10.9. The van der Waals surface area contributed by atoms with Crippen LogP contribution in [0.3, 0.4) is 0 Å². The minimum Gasteiger partial charge on any atom is -0.493 e. The lowest BCUT2D eigenvalue weighted by molar-refractivity contribution is -0.385. The molecular formula is C10H10N2O6. The molecule has 18 heavy (non-hydrogen) atoms. The lowest BCUT2D eigenvalue weighted by atomic mass is 10.1. The fourth-order valence-electron chi connectivity index (χ4n) is 1.28. The highest BCUT2D eigenvalue weighted by Gasteiger charge is 2.19. The number of hydrogen-bond acceptors (Lipinski definition) is 7. The van der Waals surface area contributed by atoms with Crippen molar-refractivity contribution < 1.29 is 24.4 Å². The third kappa shape index (κ3) is 2.94. The predicted octanol–water partition coefficient (Wildman–Crippen LogP) is 1.34. The van der Waals surface area contributed by atoms with E-state index < -0.39 is 10.9 Å². The topological polar surface area (TPSA) is 111 Å². The molecule has 0 heterocycles. The second kappa shape index (κ2) is 5.62. The fourth-order valence-corrected chi connectivity index (χ4v) is 1.28. The third-order valence-corrected chi connectivity index (χ3v) is 1.94. The maximum atomic E-state index is 10.9. The van der Waals surface area contributed by atoms with Crippen molar-refractivity contribution >= 4 is 17.9 Å². The molecule has 0 atom stereocenters. The molecule has 0 aromatic heterocycles. The van der Waals surface area contributed by atoms with Crippen LogP contribution in [0.5, 0.6) is 11.5 Å². The molecule has 8 nitrogen and oxygen atoms in total. The zero-order valence-electron chi connectivity index (χ0n) is 9.61. The van der Waals surface area contributed by atoms with E-state index in [1.54, 1.807) is 0 Å². The molecule has 1 rings (SSSR count). The van der Waals surface area contributed by atoms with Gasteiger partial charge < -0.3 is 14.7 Å². The fraction of sp³-hybridized carbons (Fsp3) is 0.200. The van der Waals surface area contributed by atoms with E-state index >= 15 is 0 Å². The van der Waals surface area contributed by atoms with E-state index in [9.17, 15) is 14.9 Å². The Kier molecular flexibility index (Phi) is 4.19. The summed E-state index contributed by atoms with van der Waals surface area (Å²) in [7, 11) is 1.27. The van der Waals surface area contributed by atoms with Gasteiger partial charge in [-0.2, -0.15) is 0 Å². The number of rotatable bonds is 4. The van der Waals surface area contributed by atoms with Crippen molar-refractivity contribution in [2.24, 2.45) is 5.16 Å². The second-order valence-electron chi connectivity index (χ2n) is 3.16. The van der Waals surface area contributed by atoms with Gasteiger partial charge in [0.05, 0.1) is 24.3 Å². The molecule has 1 aromatic rings. The van der Waals surface area contributed by atoms with Gasteiger partial charge in [0.1, 0.15) is 0 Å². The van der Waals surface area contributed by atoms with Crippen LogP contribution in [0.2, 0.25) is 0 Å². The van der Waals surface area contributed by atoms with Gasteiger partial charge >= 0.3 is 5.97 Å². The Labute approximate surface area is 102 Å². The molecule has 1 aromatic carbocycles. The number of nitrogens with zero attached hydrogens (tertiary/aromatic N) is 2. The van der Waals surface area contributed by atoms with Crippen LogP contribution in [0.25, 0.3) is 0 Å². The van der Waals surface area contributed by atoms with Gasteiger partial charge in [-0.1, -0.05) is 5.16 Å². The number of hydrogen-bond donors (Lipinski definition) is 1. The molecule has 0 unspecified atom stereocenters. The third-order valence-electron chi connectivity index (χ3n) is 1.94. The van der Waals surface area contributed by atoms with Gasteiger partial charge in [0.25, 0.3) is 5.69 Å². The average Bonchev–Trinajstić information content (AvgIpc) is 2.30. The van der Waals surface area contributed by atoms with Crippen molar-refractivity contribution in [2.75, 3.05) is 7.11 Å². The highest BCUT2D eigenvalue weighted by atomic mass is 16.6. The van der Waals surface area contributed by atoms with Crippen molar-refractivity contribution in [1.29, 1.82) is 0 Å². The van der Waals surface area contributed by atoms with Gasteiger partial charge in [-0.25, -0.2) is 0 Å². The summed E-state index contributed by atoms with van der Waals surface area (Å²) in [6.07, 6.45) is 0.911. The van der Waals surface area contributed by atoms with E-state index in [1.807, 2.05) is 0 Å². The molecule has 0 aliphatic heterocycles. The smallest absolute Gasteiger partial charge is 0.308 e. The molecule has 0 aliphatic carbocycles. The van der Waals surface area contributed by atoms with Gasteiger partial charge in [-0.05, 0) is 0 Å². The molecule has 96 valence electrons. The summed E-state index contributed by atoms with van der Waals surface area (Å²) in [5, 5.41) is 21.9. The van der Waals surface area contributed by atoms with Crippen LogP contribution in [0.4, 0.5) is 5.69 Å². The van der Waals surface area contributed by atoms with E-state index in [0.717, 1.165) is 18.3 Å².